The maximum absolute atomic E-state index is 11.8. The number of nitrogens with zero attached hydrogens (tertiary/aromatic N) is 1. The summed E-state index contributed by atoms with van der Waals surface area (Å²) in [6, 6.07) is 0. The lowest BCUT2D eigenvalue weighted by atomic mass is 10.1. The van der Waals surface area contributed by atoms with Gasteiger partial charge in [0, 0.05) is 20.2 Å². The van der Waals surface area contributed by atoms with Gasteiger partial charge in [-0.3, -0.25) is 9.59 Å². The number of hydrogen-bond acceptors (Lipinski definition) is 3. The van der Waals surface area contributed by atoms with Gasteiger partial charge in [-0.1, -0.05) is 0 Å². The number of carbonyl (C=O) groups excluding carboxylic acids is 1. The van der Waals surface area contributed by atoms with Crippen LogP contribution in [0.4, 0.5) is 0 Å². The minimum Gasteiger partial charge on any atom is -0.480 e. The summed E-state index contributed by atoms with van der Waals surface area (Å²) in [5.74, 6) is -1.27. The zero-order valence-corrected chi connectivity index (χ0v) is 9.61. The van der Waals surface area contributed by atoms with Gasteiger partial charge in [0.1, 0.15) is 5.41 Å². The predicted molar refractivity (Wildman–Crippen MR) is 57.9 cm³/mol. The third kappa shape index (κ3) is 2.72. The smallest absolute Gasteiger partial charge is 0.319 e. The molecule has 0 aromatic rings. The summed E-state index contributed by atoms with van der Waals surface area (Å²) in [5, 5.41) is 17.5. The molecule has 0 unspecified atom stereocenters. The standard InChI is InChI=1S/C11H19NO4/c1-12(7-3-2-4-8-13)9(14)11(5-6-11)10(15)16/h13H,2-8H2,1H3,(H,15,16). The quantitative estimate of drug-likeness (QED) is 0.491. The van der Waals surface area contributed by atoms with Gasteiger partial charge in [-0.2, -0.15) is 0 Å². The summed E-state index contributed by atoms with van der Waals surface area (Å²) < 4.78 is 0. The molecular weight excluding hydrogens is 210 g/mol. The molecule has 5 nitrogen and oxygen atoms in total. The minimum atomic E-state index is -1.12. The average molecular weight is 229 g/mol. The molecule has 0 bridgehead atoms. The number of carboxylic acids is 1. The second-order valence-electron chi connectivity index (χ2n) is 4.40. The molecule has 1 amide bonds. The SMILES string of the molecule is CN(CCCCCO)C(=O)C1(C(=O)O)CC1. The number of aliphatic hydroxyl groups excluding tert-OH is 1. The number of aliphatic hydroxyl groups is 1. The Morgan fingerprint density at radius 2 is 1.88 bits per heavy atom. The first-order chi connectivity index (χ1) is 7.54. The molecule has 0 spiro atoms. The van der Waals surface area contributed by atoms with E-state index in [4.69, 9.17) is 10.2 Å². The molecule has 1 saturated carbocycles. The van der Waals surface area contributed by atoms with Crippen LogP contribution in [0, 0.1) is 5.41 Å². The van der Waals surface area contributed by atoms with Crippen LogP contribution in [0.3, 0.4) is 0 Å². The molecule has 0 aliphatic heterocycles. The molecule has 1 rings (SSSR count). The van der Waals surface area contributed by atoms with Crippen molar-refractivity contribution in [3.8, 4) is 0 Å². The van der Waals surface area contributed by atoms with E-state index in [2.05, 4.69) is 0 Å². The molecule has 1 fully saturated rings. The number of aliphatic carboxylic acids is 1. The van der Waals surface area contributed by atoms with E-state index in [1.807, 2.05) is 0 Å². The van der Waals surface area contributed by atoms with Crippen molar-refractivity contribution < 1.29 is 19.8 Å². The third-order valence-electron chi connectivity index (χ3n) is 3.07. The van der Waals surface area contributed by atoms with Crippen molar-refractivity contribution in [1.82, 2.24) is 4.90 Å². The Balaban J connectivity index is 2.34. The van der Waals surface area contributed by atoms with Gasteiger partial charge < -0.3 is 15.1 Å². The Morgan fingerprint density at radius 1 is 1.25 bits per heavy atom. The fourth-order valence-electron chi connectivity index (χ4n) is 1.75. The molecule has 0 aromatic heterocycles. The van der Waals surface area contributed by atoms with Crippen molar-refractivity contribution in [3.63, 3.8) is 0 Å². The molecule has 5 heteroatoms. The summed E-state index contributed by atoms with van der Waals surface area (Å²) in [6.07, 6.45) is 3.31. The maximum Gasteiger partial charge on any atom is 0.319 e. The summed E-state index contributed by atoms with van der Waals surface area (Å²) >= 11 is 0. The van der Waals surface area contributed by atoms with Crippen molar-refractivity contribution in [2.24, 2.45) is 5.41 Å². The molecule has 0 heterocycles. The highest BCUT2D eigenvalue weighted by atomic mass is 16.4. The van der Waals surface area contributed by atoms with Gasteiger partial charge in [-0.15, -0.1) is 0 Å². The third-order valence-corrected chi connectivity index (χ3v) is 3.07. The van der Waals surface area contributed by atoms with Crippen LogP contribution in [0.5, 0.6) is 0 Å². The van der Waals surface area contributed by atoms with E-state index in [0.29, 0.717) is 19.4 Å². The van der Waals surface area contributed by atoms with Gasteiger partial charge in [0.15, 0.2) is 0 Å². The van der Waals surface area contributed by atoms with E-state index in [9.17, 15) is 9.59 Å². The van der Waals surface area contributed by atoms with Crippen molar-refractivity contribution in [3.05, 3.63) is 0 Å². The fourth-order valence-corrected chi connectivity index (χ4v) is 1.75. The normalized spacial score (nSPS) is 16.9. The Kier molecular flexibility index (Phi) is 4.29. The van der Waals surface area contributed by atoms with E-state index in [0.717, 1.165) is 19.3 Å². The highest BCUT2D eigenvalue weighted by Crippen LogP contribution is 2.47. The van der Waals surface area contributed by atoms with Crippen LogP contribution < -0.4 is 0 Å². The van der Waals surface area contributed by atoms with Gasteiger partial charge >= 0.3 is 5.97 Å². The van der Waals surface area contributed by atoms with Crippen LogP contribution in [0.15, 0.2) is 0 Å². The van der Waals surface area contributed by atoms with E-state index < -0.39 is 11.4 Å². The monoisotopic (exact) mass is 229 g/mol. The van der Waals surface area contributed by atoms with E-state index >= 15 is 0 Å². The van der Waals surface area contributed by atoms with Crippen molar-refractivity contribution in [2.45, 2.75) is 32.1 Å². The molecule has 0 saturated heterocycles. The number of amides is 1. The molecule has 0 radical (unpaired) electrons. The van der Waals surface area contributed by atoms with Crippen LogP contribution in [0.25, 0.3) is 0 Å². The first kappa shape index (κ1) is 13.0. The summed E-state index contributed by atoms with van der Waals surface area (Å²) in [4.78, 5) is 24.3. The lowest BCUT2D eigenvalue weighted by Gasteiger charge is -2.20. The van der Waals surface area contributed by atoms with Crippen LogP contribution in [0.1, 0.15) is 32.1 Å². The number of carbonyl (C=O) groups is 2. The van der Waals surface area contributed by atoms with Crippen molar-refractivity contribution in [1.29, 1.82) is 0 Å². The minimum absolute atomic E-state index is 0.163. The van der Waals surface area contributed by atoms with Gasteiger partial charge in [0.05, 0.1) is 0 Å². The van der Waals surface area contributed by atoms with E-state index in [1.54, 1.807) is 7.05 Å². The summed E-state index contributed by atoms with van der Waals surface area (Å²) in [7, 11) is 1.64. The number of hydrogen-bond donors (Lipinski definition) is 2. The Labute approximate surface area is 95.1 Å². The number of rotatable bonds is 7. The summed E-state index contributed by atoms with van der Waals surface area (Å²) in [5.41, 5.74) is -1.12. The van der Waals surface area contributed by atoms with Crippen LogP contribution >= 0.6 is 0 Å². The molecule has 1 aliphatic rings. The van der Waals surface area contributed by atoms with Gasteiger partial charge in [0.2, 0.25) is 5.91 Å². The Bertz CT molecular complexity index is 273. The van der Waals surface area contributed by atoms with Gasteiger partial charge in [0.25, 0.3) is 0 Å². The molecule has 2 N–H and O–H groups in total. The zero-order valence-electron chi connectivity index (χ0n) is 9.61. The zero-order chi connectivity index (χ0) is 12.2. The first-order valence-corrected chi connectivity index (χ1v) is 5.64. The maximum atomic E-state index is 11.8. The predicted octanol–water partition coefficient (Wildman–Crippen LogP) is 0.472. The molecule has 92 valence electrons. The topological polar surface area (TPSA) is 77.8 Å². The van der Waals surface area contributed by atoms with Crippen molar-refractivity contribution in [2.75, 3.05) is 20.2 Å². The lowest BCUT2D eigenvalue weighted by molar-refractivity contribution is -0.152. The molecule has 0 atom stereocenters. The largest absolute Gasteiger partial charge is 0.480 e. The Hall–Kier alpha value is -1.10. The highest BCUT2D eigenvalue weighted by Gasteiger charge is 2.58. The van der Waals surface area contributed by atoms with Gasteiger partial charge in [-0.25, -0.2) is 0 Å². The summed E-state index contributed by atoms with van der Waals surface area (Å²) in [6.45, 7) is 0.727. The number of unbranched alkanes of at least 4 members (excludes halogenated alkanes) is 2. The van der Waals surface area contributed by atoms with E-state index in [-0.39, 0.29) is 12.5 Å². The average Bonchev–Trinajstić information content (AvgIpc) is 3.04. The Morgan fingerprint density at radius 3 is 2.31 bits per heavy atom. The first-order valence-electron chi connectivity index (χ1n) is 5.64. The van der Waals surface area contributed by atoms with Gasteiger partial charge in [-0.05, 0) is 32.1 Å². The lowest BCUT2D eigenvalue weighted by Crippen LogP contribution is -2.38. The van der Waals surface area contributed by atoms with E-state index in [1.165, 1.54) is 4.90 Å². The molecule has 16 heavy (non-hydrogen) atoms. The van der Waals surface area contributed by atoms with Crippen LogP contribution in [-0.2, 0) is 9.59 Å². The molecular formula is C11H19NO4. The van der Waals surface area contributed by atoms with Crippen molar-refractivity contribution >= 4 is 11.9 Å². The fraction of sp³-hybridized carbons (Fsp3) is 0.818. The van der Waals surface area contributed by atoms with Crippen LogP contribution in [0.2, 0.25) is 0 Å². The molecule has 0 aromatic carbocycles. The molecule has 1 aliphatic carbocycles. The second-order valence-corrected chi connectivity index (χ2v) is 4.40. The highest BCUT2D eigenvalue weighted by molar-refractivity contribution is 6.04. The van der Waals surface area contributed by atoms with Crippen LogP contribution in [-0.4, -0.2) is 47.2 Å². The second kappa shape index (κ2) is 5.30. The number of carboxylic acid groups (broad SMARTS) is 1.